The quantitative estimate of drug-likeness (QED) is 0.655. The lowest BCUT2D eigenvalue weighted by Gasteiger charge is -2.18. The predicted molar refractivity (Wildman–Crippen MR) is 88.6 cm³/mol. The van der Waals surface area contributed by atoms with Crippen LogP contribution in [0.1, 0.15) is 36.8 Å². The van der Waals surface area contributed by atoms with Crippen LogP contribution in [0.3, 0.4) is 0 Å². The Bertz CT molecular complexity index is 679. The van der Waals surface area contributed by atoms with Gasteiger partial charge in [0.05, 0.1) is 12.6 Å². The standard InChI is InChI=1S/C16H23FN6/c1-5-23-10-20-22-15(23)9-19-16(18-4)21-12(3)13-7-6-11(2)14(17)8-13/h6-8,10,12H,5,9H2,1-4H3,(H2,18,19,21). The van der Waals surface area contributed by atoms with E-state index in [9.17, 15) is 4.39 Å². The highest BCUT2D eigenvalue weighted by atomic mass is 19.1. The van der Waals surface area contributed by atoms with Gasteiger partial charge < -0.3 is 15.2 Å². The third-order valence-electron chi connectivity index (χ3n) is 3.72. The number of halogens is 1. The summed E-state index contributed by atoms with van der Waals surface area (Å²) in [7, 11) is 1.70. The molecule has 1 atom stereocenters. The molecule has 124 valence electrons. The normalized spacial score (nSPS) is 13.0. The molecule has 0 spiro atoms. The van der Waals surface area contributed by atoms with Crippen LogP contribution in [0.2, 0.25) is 0 Å². The highest BCUT2D eigenvalue weighted by Crippen LogP contribution is 2.16. The molecule has 2 N–H and O–H groups in total. The Labute approximate surface area is 135 Å². The van der Waals surface area contributed by atoms with E-state index < -0.39 is 0 Å². The van der Waals surface area contributed by atoms with E-state index in [1.807, 2.05) is 24.5 Å². The predicted octanol–water partition coefficient (Wildman–Crippen LogP) is 2.17. The lowest BCUT2D eigenvalue weighted by molar-refractivity contribution is 0.606. The average molecular weight is 318 g/mol. The van der Waals surface area contributed by atoms with E-state index in [2.05, 4.69) is 25.8 Å². The monoisotopic (exact) mass is 318 g/mol. The van der Waals surface area contributed by atoms with Crippen molar-refractivity contribution < 1.29 is 4.39 Å². The first-order chi connectivity index (χ1) is 11.0. The summed E-state index contributed by atoms with van der Waals surface area (Å²) >= 11 is 0. The number of nitrogens with one attached hydrogen (secondary N) is 2. The van der Waals surface area contributed by atoms with Gasteiger partial charge >= 0.3 is 0 Å². The highest BCUT2D eigenvalue weighted by molar-refractivity contribution is 5.80. The van der Waals surface area contributed by atoms with Gasteiger partial charge in [-0.25, -0.2) is 4.39 Å². The molecular formula is C16H23FN6. The molecule has 1 unspecified atom stereocenters. The Balaban J connectivity index is 1.97. The Hall–Kier alpha value is -2.44. The van der Waals surface area contributed by atoms with Crippen molar-refractivity contribution in [1.29, 1.82) is 0 Å². The van der Waals surface area contributed by atoms with Crippen molar-refractivity contribution in [3.8, 4) is 0 Å². The molecule has 0 bridgehead atoms. The van der Waals surface area contributed by atoms with Crippen LogP contribution in [-0.2, 0) is 13.1 Å². The zero-order valence-electron chi connectivity index (χ0n) is 14.0. The van der Waals surface area contributed by atoms with Gasteiger partial charge in [0.15, 0.2) is 11.8 Å². The largest absolute Gasteiger partial charge is 0.350 e. The van der Waals surface area contributed by atoms with E-state index in [1.165, 1.54) is 0 Å². The zero-order chi connectivity index (χ0) is 16.8. The minimum Gasteiger partial charge on any atom is -0.350 e. The molecule has 0 radical (unpaired) electrons. The zero-order valence-corrected chi connectivity index (χ0v) is 14.0. The van der Waals surface area contributed by atoms with Crippen LogP contribution in [0.25, 0.3) is 0 Å². The van der Waals surface area contributed by atoms with Crippen LogP contribution in [0.5, 0.6) is 0 Å². The molecular weight excluding hydrogens is 295 g/mol. The fourth-order valence-electron chi connectivity index (χ4n) is 2.20. The summed E-state index contributed by atoms with van der Waals surface area (Å²) < 4.78 is 15.6. The van der Waals surface area contributed by atoms with Gasteiger partial charge in [-0.1, -0.05) is 12.1 Å². The Morgan fingerprint density at radius 1 is 1.43 bits per heavy atom. The van der Waals surface area contributed by atoms with Crippen molar-refractivity contribution in [3.05, 3.63) is 47.3 Å². The molecule has 0 aliphatic carbocycles. The maximum Gasteiger partial charge on any atom is 0.191 e. The van der Waals surface area contributed by atoms with Gasteiger partial charge in [0.1, 0.15) is 12.1 Å². The fourth-order valence-corrected chi connectivity index (χ4v) is 2.20. The molecule has 2 rings (SSSR count). The van der Waals surface area contributed by atoms with Gasteiger partial charge in [-0.3, -0.25) is 4.99 Å². The van der Waals surface area contributed by atoms with Gasteiger partial charge in [-0.05, 0) is 38.0 Å². The molecule has 0 amide bonds. The maximum absolute atomic E-state index is 13.7. The van der Waals surface area contributed by atoms with Gasteiger partial charge in [-0.2, -0.15) is 0 Å². The van der Waals surface area contributed by atoms with E-state index in [0.29, 0.717) is 18.1 Å². The number of hydrogen-bond acceptors (Lipinski definition) is 3. The maximum atomic E-state index is 13.7. The van der Waals surface area contributed by atoms with Crippen molar-refractivity contribution in [1.82, 2.24) is 25.4 Å². The van der Waals surface area contributed by atoms with Crippen molar-refractivity contribution in [3.63, 3.8) is 0 Å². The number of nitrogens with zero attached hydrogens (tertiary/aromatic N) is 4. The Morgan fingerprint density at radius 2 is 2.22 bits per heavy atom. The average Bonchev–Trinajstić information content (AvgIpc) is 3.01. The third-order valence-corrected chi connectivity index (χ3v) is 3.72. The van der Waals surface area contributed by atoms with E-state index in [1.54, 1.807) is 32.4 Å². The number of benzene rings is 1. The smallest absolute Gasteiger partial charge is 0.191 e. The molecule has 0 saturated heterocycles. The summed E-state index contributed by atoms with van der Waals surface area (Å²) in [5.41, 5.74) is 1.51. The van der Waals surface area contributed by atoms with Crippen molar-refractivity contribution in [2.24, 2.45) is 4.99 Å². The van der Waals surface area contributed by atoms with Crippen LogP contribution in [0.4, 0.5) is 4.39 Å². The van der Waals surface area contributed by atoms with Crippen molar-refractivity contribution in [2.75, 3.05) is 7.05 Å². The lowest BCUT2D eigenvalue weighted by Crippen LogP contribution is -2.38. The number of guanidine groups is 1. The number of aryl methyl sites for hydroxylation is 2. The van der Waals surface area contributed by atoms with Crippen molar-refractivity contribution in [2.45, 2.75) is 39.9 Å². The topological polar surface area (TPSA) is 67.1 Å². The second-order valence-electron chi connectivity index (χ2n) is 5.33. The van der Waals surface area contributed by atoms with Crippen molar-refractivity contribution >= 4 is 5.96 Å². The first-order valence-corrected chi connectivity index (χ1v) is 7.65. The second-order valence-corrected chi connectivity index (χ2v) is 5.33. The van der Waals surface area contributed by atoms with E-state index in [0.717, 1.165) is 17.9 Å². The number of hydrogen-bond donors (Lipinski definition) is 2. The number of rotatable bonds is 5. The van der Waals surface area contributed by atoms with Gasteiger partial charge in [0, 0.05) is 13.6 Å². The van der Waals surface area contributed by atoms with Crippen LogP contribution in [0.15, 0.2) is 29.5 Å². The molecule has 0 saturated carbocycles. The lowest BCUT2D eigenvalue weighted by atomic mass is 10.1. The molecule has 2 aromatic rings. The number of aromatic nitrogens is 3. The van der Waals surface area contributed by atoms with E-state index >= 15 is 0 Å². The molecule has 23 heavy (non-hydrogen) atoms. The van der Waals surface area contributed by atoms with Crippen LogP contribution in [0, 0.1) is 12.7 Å². The van der Waals surface area contributed by atoms with Crippen LogP contribution in [-0.4, -0.2) is 27.8 Å². The molecule has 0 fully saturated rings. The molecule has 1 heterocycles. The summed E-state index contributed by atoms with van der Waals surface area (Å²) in [5, 5.41) is 14.4. The molecule has 7 heteroatoms. The Morgan fingerprint density at radius 3 is 2.87 bits per heavy atom. The SMILES string of the molecule is CCn1cnnc1CNC(=NC)NC(C)c1ccc(C)c(F)c1. The van der Waals surface area contributed by atoms with Crippen LogP contribution >= 0.6 is 0 Å². The molecule has 1 aromatic heterocycles. The summed E-state index contributed by atoms with van der Waals surface area (Å²) in [5.74, 6) is 1.27. The van der Waals surface area contributed by atoms with E-state index in [-0.39, 0.29) is 11.9 Å². The third kappa shape index (κ3) is 4.28. The van der Waals surface area contributed by atoms with Gasteiger partial charge in [-0.15, -0.1) is 10.2 Å². The van der Waals surface area contributed by atoms with Gasteiger partial charge in [0.2, 0.25) is 0 Å². The summed E-state index contributed by atoms with van der Waals surface area (Å²) in [6, 6.07) is 5.17. The first-order valence-electron chi connectivity index (χ1n) is 7.65. The van der Waals surface area contributed by atoms with Crippen LogP contribution < -0.4 is 10.6 Å². The minimum atomic E-state index is -0.199. The summed E-state index contributed by atoms with van der Waals surface area (Å²) in [6.07, 6.45) is 1.70. The van der Waals surface area contributed by atoms with Gasteiger partial charge in [0.25, 0.3) is 0 Å². The fraction of sp³-hybridized carbons (Fsp3) is 0.438. The minimum absolute atomic E-state index is 0.0691. The molecule has 0 aliphatic rings. The summed E-state index contributed by atoms with van der Waals surface area (Å²) in [4.78, 5) is 4.19. The second kappa shape index (κ2) is 7.71. The number of aliphatic imine (C=N–C) groups is 1. The summed E-state index contributed by atoms with van der Waals surface area (Å²) in [6.45, 7) is 7.08. The highest BCUT2D eigenvalue weighted by Gasteiger charge is 2.10. The molecule has 6 nitrogen and oxygen atoms in total. The first kappa shape index (κ1) is 16.9. The molecule has 1 aromatic carbocycles. The Kier molecular flexibility index (Phi) is 5.67. The molecule has 0 aliphatic heterocycles. The van der Waals surface area contributed by atoms with E-state index in [4.69, 9.17) is 0 Å².